The standard InChI is InChI=1S/C21H38NO/c1-2-3-4-5-6-7-8-9-10-11-13-16-21(23)17-20-22-18-14-12-15-19-22/h12,14-15,18-19,21,23H,2-11,13,16-17,20H2,1H3/q+1. The van der Waals surface area contributed by atoms with E-state index in [1.54, 1.807) is 0 Å². The van der Waals surface area contributed by atoms with Crippen molar-refractivity contribution in [3.63, 3.8) is 0 Å². The van der Waals surface area contributed by atoms with E-state index in [-0.39, 0.29) is 6.10 Å². The lowest BCUT2D eigenvalue weighted by Crippen LogP contribution is -2.34. The van der Waals surface area contributed by atoms with Crippen molar-refractivity contribution >= 4 is 0 Å². The lowest BCUT2D eigenvalue weighted by molar-refractivity contribution is -0.698. The second-order valence-corrected chi connectivity index (χ2v) is 6.88. The van der Waals surface area contributed by atoms with Gasteiger partial charge in [-0.05, 0) is 6.42 Å². The summed E-state index contributed by atoms with van der Waals surface area (Å²) in [6.07, 6.45) is 20.9. The molecule has 1 rings (SSSR count). The monoisotopic (exact) mass is 320 g/mol. The zero-order valence-electron chi connectivity index (χ0n) is 15.3. The minimum absolute atomic E-state index is 0.138. The van der Waals surface area contributed by atoms with Gasteiger partial charge in [0.05, 0.1) is 6.10 Å². The maximum atomic E-state index is 10.0. The Kier molecular flexibility index (Phi) is 12.9. The summed E-state index contributed by atoms with van der Waals surface area (Å²) in [5, 5.41) is 10.0. The topological polar surface area (TPSA) is 24.1 Å². The molecule has 132 valence electrons. The molecule has 1 atom stereocenters. The molecule has 0 amide bonds. The van der Waals surface area contributed by atoms with Crippen molar-refractivity contribution in [3.05, 3.63) is 30.6 Å². The summed E-state index contributed by atoms with van der Waals surface area (Å²) in [4.78, 5) is 0. The van der Waals surface area contributed by atoms with Crippen LogP contribution in [0.4, 0.5) is 0 Å². The van der Waals surface area contributed by atoms with Crippen LogP contribution >= 0.6 is 0 Å². The van der Waals surface area contributed by atoms with E-state index < -0.39 is 0 Å². The Bertz CT molecular complexity index is 352. The van der Waals surface area contributed by atoms with Gasteiger partial charge in [0, 0.05) is 18.6 Å². The highest BCUT2D eigenvalue weighted by Gasteiger charge is 2.07. The molecule has 0 aromatic carbocycles. The minimum Gasteiger partial charge on any atom is -0.393 e. The molecule has 0 aliphatic carbocycles. The van der Waals surface area contributed by atoms with Crippen molar-refractivity contribution in [1.82, 2.24) is 0 Å². The van der Waals surface area contributed by atoms with E-state index in [4.69, 9.17) is 0 Å². The van der Waals surface area contributed by atoms with Crippen molar-refractivity contribution < 1.29 is 9.67 Å². The zero-order chi connectivity index (χ0) is 16.6. The quantitative estimate of drug-likeness (QED) is 0.338. The van der Waals surface area contributed by atoms with Gasteiger partial charge in [-0.1, -0.05) is 83.6 Å². The van der Waals surface area contributed by atoms with Crippen molar-refractivity contribution in [2.75, 3.05) is 0 Å². The van der Waals surface area contributed by atoms with Crippen molar-refractivity contribution in [2.45, 2.75) is 103 Å². The molecule has 1 unspecified atom stereocenters. The summed E-state index contributed by atoms with van der Waals surface area (Å²) in [5.41, 5.74) is 0. The molecule has 0 aliphatic heterocycles. The molecule has 0 radical (unpaired) electrons. The van der Waals surface area contributed by atoms with E-state index in [1.807, 2.05) is 18.2 Å². The Hall–Kier alpha value is -0.890. The van der Waals surface area contributed by atoms with Gasteiger partial charge in [-0.3, -0.25) is 0 Å². The molecule has 0 aliphatic rings. The number of aliphatic hydroxyl groups is 1. The Balaban J connectivity index is 1.83. The molecule has 2 nitrogen and oxygen atoms in total. The fourth-order valence-corrected chi connectivity index (χ4v) is 3.07. The molecule has 1 N–H and O–H groups in total. The second kappa shape index (κ2) is 14.7. The highest BCUT2D eigenvalue weighted by atomic mass is 16.3. The number of aromatic nitrogens is 1. The van der Waals surface area contributed by atoms with Crippen molar-refractivity contribution in [3.8, 4) is 0 Å². The number of aliphatic hydroxyl groups excluding tert-OH is 1. The van der Waals surface area contributed by atoms with E-state index in [2.05, 4.69) is 23.9 Å². The van der Waals surface area contributed by atoms with E-state index in [9.17, 15) is 5.11 Å². The Labute approximate surface area is 143 Å². The first-order chi connectivity index (χ1) is 11.3. The molecular formula is C21H38NO+. The van der Waals surface area contributed by atoms with Gasteiger partial charge in [0.2, 0.25) is 0 Å². The van der Waals surface area contributed by atoms with Gasteiger partial charge in [-0.15, -0.1) is 0 Å². The van der Waals surface area contributed by atoms with Crippen LogP contribution in [0, 0.1) is 0 Å². The highest BCUT2D eigenvalue weighted by molar-refractivity contribution is 4.83. The van der Waals surface area contributed by atoms with Gasteiger partial charge in [0.25, 0.3) is 0 Å². The van der Waals surface area contributed by atoms with E-state index in [1.165, 1.54) is 70.6 Å². The Morgan fingerprint density at radius 3 is 1.78 bits per heavy atom. The molecular weight excluding hydrogens is 282 g/mol. The number of rotatable bonds is 15. The zero-order valence-corrected chi connectivity index (χ0v) is 15.3. The summed E-state index contributed by atoms with van der Waals surface area (Å²) in [7, 11) is 0. The number of pyridine rings is 1. The van der Waals surface area contributed by atoms with Crippen LogP contribution in [-0.4, -0.2) is 11.2 Å². The fourth-order valence-electron chi connectivity index (χ4n) is 3.07. The Morgan fingerprint density at radius 2 is 1.22 bits per heavy atom. The summed E-state index contributed by atoms with van der Waals surface area (Å²) >= 11 is 0. The lowest BCUT2D eigenvalue weighted by atomic mass is 10.0. The van der Waals surface area contributed by atoms with Crippen LogP contribution < -0.4 is 4.57 Å². The number of aryl methyl sites for hydroxylation is 1. The van der Waals surface area contributed by atoms with Crippen LogP contribution in [0.1, 0.15) is 90.4 Å². The van der Waals surface area contributed by atoms with Crippen LogP contribution in [0.2, 0.25) is 0 Å². The third-order valence-corrected chi connectivity index (χ3v) is 4.64. The third kappa shape index (κ3) is 12.2. The van der Waals surface area contributed by atoms with Crippen LogP contribution in [0.15, 0.2) is 30.6 Å². The van der Waals surface area contributed by atoms with Gasteiger partial charge in [0.15, 0.2) is 18.9 Å². The van der Waals surface area contributed by atoms with E-state index >= 15 is 0 Å². The number of unbranched alkanes of at least 4 members (excludes halogenated alkanes) is 10. The van der Waals surface area contributed by atoms with Crippen LogP contribution in [0.5, 0.6) is 0 Å². The third-order valence-electron chi connectivity index (χ3n) is 4.64. The van der Waals surface area contributed by atoms with Gasteiger partial charge in [0.1, 0.15) is 0 Å². The van der Waals surface area contributed by atoms with Gasteiger partial charge < -0.3 is 5.11 Å². The lowest BCUT2D eigenvalue weighted by Gasteiger charge is -2.08. The van der Waals surface area contributed by atoms with E-state index in [0.29, 0.717) is 0 Å². The fraction of sp³-hybridized carbons (Fsp3) is 0.762. The first-order valence-corrected chi connectivity index (χ1v) is 9.95. The molecule has 23 heavy (non-hydrogen) atoms. The summed E-state index contributed by atoms with van der Waals surface area (Å²) in [6.45, 7) is 3.19. The first-order valence-electron chi connectivity index (χ1n) is 9.95. The molecule has 0 saturated heterocycles. The number of nitrogens with zero attached hydrogens (tertiary/aromatic N) is 1. The molecule has 1 aromatic rings. The number of hydrogen-bond donors (Lipinski definition) is 1. The molecule has 1 heterocycles. The van der Waals surface area contributed by atoms with Crippen LogP contribution in [0.25, 0.3) is 0 Å². The smallest absolute Gasteiger partial charge is 0.168 e. The van der Waals surface area contributed by atoms with Crippen molar-refractivity contribution in [1.29, 1.82) is 0 Å². The van der Waals surface area contributed by atoms with Gasteiger partial charge in [-0.25, -0.2) is 4.57 Å². The van der Waals surface area contributed by atoms with Gasteiger partial charge >= 0.3 is 0 Å². The normalized spacial score (nSPS) is 12.4. The molecule has 0 bridgehead atoms. The number of hydrogen-bond acceptors (Lipinski definition) is 1. The first kappa shape index (κ1) is 20.2. The SMILES string of the molecule is CCCCCCCCCCCCCC(O)CC[n+]1ccccc1. The summed E-state index contributed by atoms with van der Waals surface area (Å²) in [5.74, 6) is 0. The molecule has 0 saturated carbocycles. The average molecular weight is 321 g/mol. The summed E-state index contributed by atoms with van der Waals surface area (Å²) in [6, 6.07) is 6.10. The molecule has 0 spiro atoms. The predicted octanol–water partition coefficient (Wildman–Crippen LogP) is 5.43. The second-order valence-electron chi connectivity index (χ2n) is 6.88. The minimum atomic E-state index is -0.138. The summed E-state index contributed by atoms with van der Waals surface area (Å²) < 4.78 is 2.14. The van der Waals surface area contributed by atoms with Crippen LogP contribution in [-0.2, 0) is 6.54 Å². The van der Waals surface area contributed by atoms with E-state index in [0.717, 1.165) is 19.4 Å². The maximum Gasteiger partial charge on any atom is 0.168 e. The van der Waals surface area contributed by atoms with Gasteiger partial charge in [-0.2, -0.15) is 0 Å². The van der Waals surface area contributed by atoms with Crippen LogP contribution in [0.3, 0.4) is 0 Å². The maximum absolute atomic E-state index is 10.0. The largest absolute Gasteiger partial charge is 0.393 e. The highest BCUT2D eigenvalue weighted by Crippen LogP contribution is 2.13. The Morgan fingerprint density at radius 1 is 0.696 bits per heavy atom. The predicted molar refractivity (Wildman–Crippen MR) is 98.3 cm³/mol. The molecule has 2 heteroatoms. The molecule has 1 aromatic heterocycles. The average Bonchev–Trinajstić information content (AvgIpc) is 2.59. The van der Waals surface area contributed by atoms with Crippen molar-refractivity contribution in [2.24, 2.45) is 0 Å². The molecule has 0 fully saturated rings.